The van der Waals surface area contributed by atoms with Gasteiger partial charge in [-0.1, -0.05) is 73.7 Å². The number of hydrogen-bond donors (Lipinski definition) is 1. The van der Waals surface area contributed by atoms with Crippen molar-refractivity contribution in [3.63, 3.8) is 0 Å². The van der Waals surface area contributed by atoms with E-state index in [0.717, 1.165) is 35.3 Å². The summed E-state index contributed by atoms with van der Waals surface area (Å²) in [5, 5.41) is 9.45. The number of carbonyl (C=O) groups excluding carboxylic acids is 2. The van der Waals surface area contributed by atoms with Gasteiger partial charge in [0.05, 0.1) is 36.5 Å². The molecule has 0 bridgehead atoms. The van der Waals surface area contributed by atoms with Crippen LogP contribution >= 0.6 is 0 Å². The maximum Gasteiger partial charge on any atom is 0.261 e. The van der Waals surface area contributed by atoms with Crippen LogP contribution in [0.4, 0.5) is 0 Å². The Morgan fingerprint density at radius 1 is 0.897 bits per heavy atom. The SMILES string of the molecule is C=CCN(C)C[C@H]1O[C@@H](c2ccc(CN3C(=O)c4ccccc4C3=O)cc2)O[C@@H](c2ccc(CO)cc2)[C@H]1C. The molecule has 1 N–H and O–H groups in total. The molecule has 0 spiro atoms. The van der Waals surface area contributed by atoms with Crippen molar-refractivity contribution in [3.8, 4) is 0 Å². The molecular weight excluding hydrogens is 492 g/mol. The molecule has 2 heterocycles. The first-order valence-electron chi connectivity index (χ1n) is 13.2. The van der Waals surface area contributed by atoms with Crippen LogP contribution in [-0.4, -0.2) is 53.0 Å². The lowest BCUT2D eigenvalue weighted by Crippen LogP contribution is -2.43. The topological polar surface area (TPSA) is 79.3 Å². The molecule has 2 aliphatic heterocycles. The predicted octanol–water partition coefficient (Wildman–Crippen LogP) is 4.88. The summed E-state index contributed by atoms with van der Waals surface area (Å²) in [6.45, 7) is 7.65. The highest BCUT2D eigenvalue weighted by Crippen LogP contribution is 2.42. The van der Waals surface area contributed by atoms with E-state index in [4.69, 9.17) is 9.47 Å². The summed E-state index contributed by atoms with van der Waals surface area (Å²) in [6.07, 6.45) is 1.00. The number of rotatable bonds is 9. The summed E-state index contributed by atoms with van der Waals surface area (Å²) in [7, 11) is 2.04. The van der Waals surface area contributed by atoms with E-state index >= 15 is 0 Å². The highest BCUT2D eigenvalue weighted by atomic mass is 16.7. The first-order chi connectivity index (χ1) is 18.9. The third-order valence-electron chi connectivity index (χ3n) is 7.53. The second-order valence-electron chi connectivity index (χ2n) is 10.3. The standard InChI is InChI=1S/C32H34N2O5/c1-4-17-33(3)19-28-21(2)29(24-13-11-23(20-35)12-14-24)39-32(38-28)25-15-9-22(10-16-25)18-34-30(36)26-7-5-6-8-27(26)31(34)37/h4-16,21,28-29,32,35H,1,17-20H2,2-3H3/t21-,28+,29+,32+/m0/s1. The van der Waals surface area contributed by atoms with Crippen LogP contribution < -0.4 is 0 Å². The Morgan fingerprint density at radius 3 is 2.08 bits per heavy atom. The van der Waals surface area contributed by atoms with Gasteiger partial charge in [0.25, 0.3) is 11.8 Å². The molecule has 2 amide bonds. The van der Waals surface area contributed by atoms with Crippen molar-refractivity contribution in [2.24, 2.45) is 5.92 Å². The number of imide groups is 1. The van der Waals surface area contributed by atoms with Gasteiger partial charge in [0, 0.05) is 24.6 Å². The summed E-state index contributed by atoms with van der Waals surface area (Å²) < 4.78 is 13.0. The van der Waals surface area contributed by atoms with E-state index in [0.29, 0.717) is 11.1 Å². The molecule has 0 aromatic heterocycles. The zero-order chi connectivity index (χ0) is 27.5. The molecule has 7 heteroatoms. The molecule has 1 fully saturated rings. The predicted molar refractivity (Wildman–Crippen MR) is 148 cm³/mol. The second-order valence-corrected chi connectivity index (χ2v) is 10.3. The zero-order valence-electron chi connectivity index (χ0n) is 22.3. The van der Waals surface area contributed by atoms with Crippen molar-refractivity contribution in [1.29, 1.82) is 0 Å². The lowest BCUT2D eigenvalue weighted by Gasteiger charge is -2.42. The second kappa shape index (κ2) is 11.6. The molecule has 1 saturated heterocycles. The van der Waals surface area contributed by atoms with Gasteiger partial charge in [-0.05, 0) is 35.9 Å². The normalized spacial score (nSPS) is 22.8. The van der Waals surface area contributed by atoms with E-state index < -0.39 is 6.29 Å². The molecule has 202 valence electrons. The smallest absolute Gasteiger partial charge is 0.261 e. The van der Waals surface area contributed by atoms with Gasteiger partial charge in [-0.2, -0.15) is 0 Å². The van der Waals surface area contributed by atoms with E-state index in [2.05, 4.69) is 18.4 Å². The highest BCUT2D eigenvalue weighted by molar-refractivity contribution is 6.21. The summed E-state index contributed by atoms with van der Waals surface area (Å²) in [5.41, 5.74) is 4.49. The zero-order valence-corrected chi connectivity index (χ0v) is 22.3. The van der Waals surface area contributed by atoms with E-state index in [1.807, 2.05) is 61.7 Å². The lowest BCUT2D eigenvalue weighted by atomic mass is 9.90. The van der Waals surface area contributed by atoms with E-state index in [1.54, 1.807) is 24.3 Å². The van der Waals surface area contributed by atoms with Crippen molar-refractivity contribution in [2.45, 2.75) is 38.6 Å². The number of fused-ring (bicyclic) bond motifs is 1. The van der Waals surface area contributed by atoms with Gasteiger partial charge in [0.2, 0.25) is 0 Å². The van der Waals surface area contributed by atoms with Crippen LogP contribution in [0.2, 0.25) is 0 Å². The summed E-state index contributed by atoms with van der Waals surface area (Å²) >= 11 is 0. The Bertz CT molecular complexity index is 1300. The van der Waals surface area contributed by atoms with Gasteiger partial charge < -0.3 is 19.5 Å². The van der Waals surface area contributed by atoms with Gasteiger partial charge >= 0.3 is 0 Å². The molecule has 0 unspecified atom stereocenters. The maximum absolute atomic E-state index is 12.8. The van der Waals surface area contributed by atoms with Crippen LogP contribution in [0.5, 0.6) is 0 Å². The van der Waals surface area contributed by atoms with Gasteiger partial charge in [-0.3, -0.25) is 14.5 Å². The fourth-order valence-electron chi connectivity index (χ4n) is 5.28. The number of ether oxygens (including phenoxy) is 2. The quantitative estimate of drug-likeness (QED) is 0.316. The Hall–Kier alpha value is -3.62. The molecular formula is C32H34N2O5. The summed E-state index contributed by atoms with van der Waals surface area (Å²) in [5.74, 6) is -0.454. The molecule has 0 radical (unpaired) electrons. The van der Waals surface area contributed by atoms with E-state index in [-0.39, 0.29) is 43.1 Å². The first kappa shape index (κ1) is 27.0. The highest BCUT2D eigenvalue weighted by Gasteiger charge is 2.39. The molecule has 3 aromatic carbocycles. The fourth-order valence-corrected chi connectivity index (χ4v) is 5.28. The van der Waals surface area contributed by atoms with E-state index in [1.165, 1.54) is 4.90 Å². The number of amides is 2. The van der Waals surface area contributed by atoms with Crippen LogP contribution in [0.3, 0.4) is 0 Å². The minimum Gasteiger partial charge on any atom is -0.392 e. The monoisotopic (exact) mass is 526 g/mol. The molecule has 5 rings (SSSR count). The number of aliphatic hydroxyl groups is 1. The largest absolute Gasteiger partial charge is 0.392 e. The van der Waals surface area contributed by atoms with Crippen molar-refractivity contribution in [3.05, 3.63) is 119 Å². The minimum atomic E-state index is -0.584. The Labute approximate surface area is 229 Å². The summed E-state index contributed by atoms with van der Waals surface area (Å²) in [4.78, 5) is 29.0. The number of hydrogen-bond acceptors (Lipinski definition) is 6. The molecule has 39 heavy (non-hydrogen) atoms. The van der Waals surface area contributed by atoms with Crippen LogP contribution in [0.15, 0.2) is 85.5 Å². The maximum atomic E-state index is 12.8. The number of benzene rings is 3. The molecule has 3 aromatic rings. The number of carbonyl (C=O) groups is 2. The van der Waals surface area contributed by atoms with Gasteiger partial charge in [0.15, 0.2) is 6.29 Å². The van der Waals surface area contributed by atoms with Gasteiger partial charge in [-0.15, -0.1) is 6.58 Å². The molecule has 0 saturated carbocycles. The lowest BCUT2D eigenvalue weighted by molar-refractivity contribution is -0.275. The Morgan fingerprint density at radius 2 is 1.49 bits per heavy atom. The molecule has 0 aliphatic carbocycles. The van der Waals surface area contributed by atoms with Gasteiger partial charge in [0.1, 0.15) is 0 Å². The number of nitrogens with zero attached hydrogens (tertiary/aromatic N) is 2. The van der Waals surface area contributed by atoms with Crippen LogP contribution in [0.25, 0.3) is 0 Å². The minimum absolute atomic E-state index is 0.00483. The molecule has 2 aliphatic rings. The van der Waals surface area contributed by atoms with Crippen molar-refractivity contribution in [2.75, 3.05) is 20.1 Å². The molecule has 4 atom stereocenters. The van der Waals surface area contributed by atoms with Crippen LogP contribution in [0.1, 0.15) is 62.3 Å². The van der Waals surface area contributed by atoms with Crippen molar-refractivity contribution in [1.82, 2.24) is 9.80 Å². The van der Waals surface area contributed by atoms with Crippen LogP contribution in [-0.2, 0) is 22.6 Å². The first-order valence-corrected chi connectivity index (χ1v) is 13.2. The number of likely N-dealkylation sites (N-methyl/N-ethyl adjacent to an activating group) is 1. The van der Waals surface area contributed by atoms with Crippen molar-refractivity contribution < 1.29 is 24.2 Å². The average Bonchev–Trinajstić information content (AvgIpc) is 3.19. The third-order valence-corrected chi connectivity index (χ3v) is 7.53. The Kier molecular flexibility index (Phi) is 8.04. The third kappa shape index (κ3) is 5.58. The molecule has 7 nitrogen and oxygen atoms in total. The van der Waals surface area contributed by atoms with E-state index in [9.17, 15) is 14.7 Å². The van der Waals surface area contributed by atoms with Crippen molar-refractivity contribution >= 4 is 11.8 Å². The Balaban J connectivity index is 1.35. The van der Waals surface area contributed by atoms with Gasteiger partial charge in [-0.25, -0.2) is 0 Å². The number of aliphatic hydroxyl groups excluding tert-OH is 1. The summed E-state index contributed by atoms with van der Waals surface area (Å²) in [6, 6.07) is 22.5. The average molecular weight is 527 g/mol. The van der Waals surface area contributed by atoms with Crippen LogP contribution in [0, 0.1) is 5.92 Å². The fraction of sp³-hybridized carbons (Fsp3) is 0.312.